The largest absolute Gasteiger partial charge is 0.481 e. The van der Waals surface area contributed by atoms with Gasteiger partial charge < -0.3 is 5.11 Å². The molecule has 19 heavy (non-hydrogen) atoms. The molecule has 1 aliphatic carbocycles. The van der Waals surface area contributed by atoms with Crippen LogP contribution < -0.4 is 4.72 Å². The number of carbonyl (C=O) groups is 1. The van der Waals surface area contributed by atoms with Crippen molar-refractivity contribution in [2.24, 2.45) is 11.8 Å². The highest BCUT2D eigenvalue weighted by Gasteiger charge is 2.34. The molecular formula is C12H22N2O4S. The molecule has 0 radical (unpaired) electrons. The highest BCUT2D eigenvalue weighted by atomic mass is 32.2. The van der Waals surface area contributed by atoms with Gasteiger partial charge in [-0.25, -0.2) is 0 Å². The number of hydrogen-bond acceptors (Lipinski definition) is 3. The third-order valence-electron chi connectivity index (χ3n) is 4.08. The highest BCUT2D eigenvalue weighted by Crippen LogP contribution is 2.26. The number of nitrogens with one attached hydrogen (secondary N) is 1. The van der Waals surface area contributed by atoms with Crippen molar-refractivity contribution in [3.63, 3.8) is 0 Å². The molecule has 0 amide bonds. The van der Waals surface area contributed by atoms with Crippen molar-refractivity contribution >= 4 is 16.2 Å². The molecule has 3 unspecified atom stereocenters. The predicted octanol–water partition coefficient (Wildman–Crippen LogP) is 0.806. The minimum Gasteiger partial charge on any atom is -0.481 e. The summed E-state index contributed by atoms with van der Waals surface area (Å²) in [4.78, 5) is 11.0. The van der Waals surface area contributed by atoms with E-state index in [0.717, 1.165) is 19.3 Å². The summed E-state index contributed by atoms with van der Waals surface area (Å²) < 4.78 is 28.5. The summed E-state index contributed by atoms with van der Waals surface area (Å²) in [6.07, 6.45) is 3.96. The van der Waals surface area contributed by atoms with Crippen molar-refractivity contribution < 1.29 is 18.3 Å². The fourth-order valence-electron chi connectivity index (χ4n) is 2.96. The van der Waals surface area contributed by atoms with E-state index < -0.39 is 22.1 Å². The maximum Gasteiger partial charge on any atom is 0.307 e. The first-order valence-corrected chi connectivity index (χ1v) is 8.32. The maximum atomic E-state index is 12.2. The number of piperidine rings is 1. The van der Waals surface area contributed by atoms with Gasteiger partial charge in [0.25, 0.3) is 10.2 Å². The second kappa shape index (κ2) is 5.76. The van der Waals surface area contributed by atoms with Gasteiger partial charge in [-0.15, -0.1) is 0 Å². The molecule has 1 heterocycles. The monoisotopic (exact) mass is 290 g/mol. The summed E-state index contributed by atoms with van der Waals surface area (Å²) in [7, 11) is -3.54. The van der Waals surface area contributed by atoms with E-state index in [1.807, 2.05) is 0 Å². The van der Waals surface area contributed by atoms with Gasteiger partial charge in [0.2, 0.25) is 0 Å². The molecule has 6 nitrogen and oxygen atoms in total. The van der Waals surface area contributed by atoms with E-state index >= 15 is 0 Å². The summed E-state index contributed by atoms with van der Waals surface area (Å²) in [5.74, 6) is -0.928. The summed E-state index contributed by atoms with van der Waals surface area (Å²) >= 11 is 0. The van der Waals surface area contributed by atoms with Gasteiger partial charge >= 0.3 is 5.97 Å². The van der Waals surface area contributed by atoms with Crippen LogP contribution in [0, 0.1) is 11.8 Å². The van der Waals surface area contributed by atoms with Crippen LogP contribution in [0.15, 0.2) is 0 Å². The number of carboxylic acids is 1. The normalized spacial score (nSPS) is 33.4. The van der Waals surface area contributed by atoms with Gasteiger partial charge in [-0.1, -0.05) is 6.92 Å². The van der Waals surface area contributed by atoms with E-state index in [0.29, 0.717) is 25.3 Å². The van der Waals surface area contributed by atoms with Gasteiger partial charge in [0.05, 0.1) is 5.92 Å². The lowest BCUT2D eigenvalue weighted by Gasteiger charge is -2.30. The molecule has 0 aromatic rings. The number of rotatable bonds is 4. The van der Waals surface area contributed by atoms with Crippen molar-refractivity contribution in [3.05, 3.63) is 0 Å². The Morgan fingerprint density at radius 1 is 1.32 bits per heavy atom. The second-order valence-corrected chi connectivity index (χ2v) is 7.48. The van der Waals surface area contributed by atoms with Gasteiger partial charge in [-0.2, -0.15) is 17.4 Å². The van der Waals surface area contributed by atoms with E-state index in [-0.39, 0.29) is 12.6 Å². The molecule has 2 N–H and O–H groups in total. The second-order valence-electron chi connectivity index (χ2n) is 5.77. The lowest BCUT2D eigenvalue weighted by molar-refractivity contribution is -0.142. The van der Waals surface area contributed by atoms with Gasteiger partial charge in [0, 0.05) is 19.1 Å². The van der Waals surface area contributed by atoms with Crippen LogP contribution in [-0.2, 0) is 15.0 Å². The van der Waals surface area contributed by atoms with Crippen molar-refractivity contribution in [1.29, 1.82) is 0 Å². The summed E-state index contributed by atoms with van der Waals surface area (Å²) in [5.41, 5.74) is 0. The minimum absolute atomic E-state index is 0.00482. The zero-order valence-electron chi connectivity index (χ0n) is 11.2. The molecule has 3 atom stereocenters. The van der Waals surface area contributed by atoms with Crippen molar-refractivity contribution in [2.75, 3.05) is 13.1 Å². The fourth-order valence-corrected chi connectivity index (χ4v) is 4.49. The standard InChI is InChI=1S/C12H22N2O4S/c1-9-4-5-11(7-9)13-19(17,18)14-6-2-3-10(8-14)12(15)16/h9-11,13H,2-8H2,1H3,(H,15,16). The topological polar surface area (TPSA) is 86.7 Å². The van der Waals surface area contributed by atoms with Crippen LogP contribution in [0.4, 0.5) is 0 Å². The van der Waals surface area contributed by atoms with Crippen LogP contribution in [0.1, 0.15) is 39.0 Å². The SMILES string of the molecule is CC1CCC(NS(=O)(=O)N2CCCC(C(=O)O)C2)C1. The molecule has 2 aliphatic rings. The third kappa shape index (κ3) is 3.67. The molecule has 2 fully saturated rings. The quantitative estimate of drug-likeness (QED) is 0.802. The van der Waals surface area contributed by atoms with E-state index in [1.54, 1.807) is 0 Å². The van der Waals surface area contributed by atoms with Gasteiger partial charge in [0.1, 0.15) is 0 Å². The Bertz CT molecular complexity index is 437. The van der Waals surface area contributed by atoms with Crippen LogP contribution in [0.2, 0.25) is 0 Å². The van der Waals surface area contributed by atoms with E-state index in [9.17, 15) is 13.2 Å². The average molecular weight is 290 g/mol. The number of nitrogens with zero attached hydrogens (tertiary/aromatic N) is 1. The van der Waals surface area contributed by atoms with E-state index in [1.165, 1.54) is 4.31 Å². The zero-order valence-corrected chi connectivity index (χ0v) is 12.0. The molecule has 0 bridgehead atoms. The highest BCUT2D eigenvalue weighted by molar-refractivity contribution is 7.87. The molecule has 1 aliphatic heterocycles. The Morgan fingerprint density at radius 3 is 2.63 bits per heavy atom. The van der Waals surface area contributed by atoms with Crippen molar-refractivity contribution in [2.45, 2.75) is 45.1 Å². The molecule has 0 aromatic carbocycles. The Hall–Kier alpha value is -0.660. The van der Waals surface area contributed by atoms with Crippen LogP contribution in [0.25, 0.3) is 0 Å². The molecule has 0 spiro atoms. The first-order chi connectivity index (χ1) is 8.88. The molecule has 2 rings (SSSR count). The van der Waals surface area contributed by atoms with Crippen molar-refractivity contribution in [1.82, 2.24) is 9.03 Å². The predicted molar refractivity (Wildman–Crippen MR) is 70.8 cm³/mol. The van der Waals surface area contributed by atoms with Crippen molar-refractivity contribution in [3.8, 4) is 0 Å². The number of hydrogen-bond donors (Lipinski definition) is 2. The molecule has 7 heteroatoms. The zero-order chi connectivity index (χ0) is 14.0. The van der Waals surface area contributed by atoms with E-state index in [2.05, 4.69) is 11.6 Å². The smallest absolute Gasteiger partial charge is 0.307 e. The molecule has 1 saturated heterocycles. The van der Waals surface area contributed by atoms with Crippen LogP contribution >= 0.6 is 0 Å². The Balaban J connectivity index is 1.97. The summed E-state index contributed by atoms with van der Waals surface area (Å²) in [6.45, 7) is 2.63. The third-order valence-corrected chi connectivity index (χ3v) is 5.73. The molecule has 0 aromatic heterocycles. The van der Waals surface area contributed by atoms with Gasteiger partial charge in [-0.3, -0.25) is 4.79 Å². The fraction of sp³-hybridized carbons (Fsp3) is 0.917. The number of carboxylic acid groups (broad SMARTS) is 1. The molecular weight excluding hydrogens is 268 g/mol. The first-order valence-electron chi connectivity index (χ1n) is 6.88. The Morgan fingerprint density at radius 2 is 2.05 bits per heavy atom. The average Bonchev–Trinajstić information content (AvgIpc) is 2.74. The van der Waals surface area contributed by atoms with E-state index in [4.69, 9.17) is 5.11 Å². The first kappa shape index (κ1) is 14.7. The Labute approximate surface area is 114 Å². The van der Waals surface area contributed by atoms with Crippen LogP contribution in [0.3, 0.4) is 0 Å². The minimum atomic E-state index is -3.54. The maximum absolute atomic E-state index is 12.2. The molecule has 110 valence electrons. The number of aliphatic carboxylic acids is 1. The summed E-state index contributed by atoms with van der Waals surface area (Å²) in [6, 6.07) is 0.00482. The van der Waals surface area contributed by atoms with Crippen LogP contribution in [-0.4, -0.2) is 42.9 Å². The Kier molecular flexibility index (Phi) is 4.47. The molecule has 1 saturated carbocycles. The lowest BCUT2D eigenvalue weighted by Crippen LogP contribution is -2.49. The summed E-state index contributed by atoms with van der Waals surface area (Å²) in [5, 5.41) is 9.00. The lowest BCUT2D eigenvalue weighted by atomic mass is 10.0. The van der Waals surface area contributed by atoms with Gasteiger partial charge in [-0.05, 0) is 38.0 Å². The van der Waals surface area contributed by atoms with Gasteiger partial charge in [0.15, 0.2) is 0 Å². The van der Waals surface area contributed by atoms with Crippen LogP contribution in [0.5, 0.6) is 0 Å².